The van der Waals surface area contributed by atoms with Gasteiger partial charge in [-0.05, 0) is 77.1 Å². The van der Waals surface area contributed by atoms with Crippen LogP contribution in [-0.2, 0) is 15.9 Å². The lowest BCUT2D eigenvalue weighted by Crippen LogP contribution is -2.36. The van der Waals surface area contributed by atoms with Crippen LogP contribution < -0.4 is 0 Å². The van der Waals surface area contributed by atoms with Crippen molar-refractivity contribution in [3.63, 3.8) is 0 Å². The maximum Gasteiger partial charge on any atom is 0.410 e. The van der Waals surface area contributed by atoms with Gasteiger partial charge in [0.2, 0.25) is 0 Å². The molecule has 0 bridgehead atoms. The Morgan fingerprint density at radius 3 is 2.74 bits per heavy atom. The summed E-state index contributed by atoms with van der Waals surface area (Å²) < 4.78 is 11.4. The number of unbranched alkanes of at least 4 members (excludes halogenated alkanes) is 2. The number of nitrogens with zero attached hydrogens (tertiary/aromatic N) is 3. The highest BCUT2D eigenvalue weighted by molar-refractivity contribution is 5.78. The maximum absolute atomic E-state index is 12.1. The zero-order valence-corrected chi connectivity index (χ0v) is 20.1. The standard InChI is InChI=1S/C23H33N3O3.C2H6/c1-17-15-18(25-21-20(17)10-8-12-24-21)9-6-5-7-14-28-19-11-13-26(16-19)22(27)29-23(2,3)4;1-2/h8,10,12,15,19H,5-7,9,11,13-14,16H2,1-4H3;1-2H3. The lowest BCUT2D eigenvalue weighted by molar-refractivity contribution is 0.0206. The van der Waals surface area contributed by atoms with Gasteiger partial charge in [0.05, 0.1) is 12.6 Å². The highest BCUT2D eigenvalue weighted by Gasteiger charge is 2.30. The molecule has 3 heterocycles. The van der Waals surface area contributed by atoms with Crippen LogP contribution >= 0.6 is 0 Å². The molecular weight excluding hydrogens is 390 g/mol. The second-order valence-electron chi connectivity index (χ2n) is 8.82. The summed E-state index contributed by atoms with van der Waals surface area (Å²) >= 11 is 0. The minimum atomic E-state index is -0.454. The van der Waals surface area contributed by atoms with E-state index in [4.69, 9.17) is 9.47 Å². The van der Waals surface area contributed by atoms with E-state index in [1.54, 1.807) is 11.1 Å². The van der Waals surface area contributed by atoms with Gasteiger partial charge in [-0.3, -0.25) is 0 Å². The monoisotopic (exact) mass is 429 g/mol. The van der Waals surface area contributed by atoms with Gasteiger partial charge in [-0.1, -0.05) is 20.3 Å². The first-order chi connectivity index (χ1) is 14.8. The van der Waals surface area contributed by atoms with Gasteiger partial charge >= 0.3 is 6.09 Å². The Labute approximate surface area is 187 Å². The van der Waals surface area contributed by atoms with Crippen LogP contribution in [0.1, 0.15) is 71.6 Å². The van der Waals surface area contributed by atoms with Crippen molar-refractivity contribution in [1.29, 1.82) is 0 Å². The molecule has 6 heteroatoms. The normalized spacial score (nSPS) is 16.2. The molecule has 1 aliphatic heterocycles. The van der Waals surface area contributed by atoms with Crippen molar-refractivity contribution in [3.8, 4) is 0 Å². The molecule has 3 rings (SSSR count). The number of aromatic nitrogens is 2. The third-order valence-corrected chi connectivity index (χ3v) is 5.07. The van der Waals surface area contributed by atoms with Crippen molar-refractivity contribution in [3.05, 3.63) is 35.7 Å². The molecule has 0 saturated carbocycles. The van der Waals surface area contributed by atoms with Crippen molar-refractivity contribution < 1.29 is 14.3 Å². The molecule has 1 amide bonds. The first kappa shape index (κ1) is 25.1. The van der Waals surface area contributed by atoms with E-state index in [2.05, 4.69) is 29.0 Å². The third kappa shape index (κ3) is 8.09. The third-order valence-electron chi connectivity index (χ3n) is 5.07. The average Bonchev–Trinajstić information content (AvgIpc) is 3.20. The molecule has 172 valence electrons. The number of pyridine rings is 2. The Balaban J connectivity index is 0.00000166. The fourth-order valence-electron chi connectivity index (χ4n) is 3.61. The topological polar surface area (TPSA) is 64.5 Å². The quantitative estimate of drug-likeness (QED) is 0.528. The van der Waals surface area contributed by atoms with Crippen LogP contribution in [0, 0.1) is 6.92 Å². The van der Waals surface area contributed by atoms with Crippen molar-refractivity contribution in [1.82, 2.24) is 14.9 Å². The van der Waals surface area contributed by atoms with Gasteiger partial charge in [-0.2, -0.15) is 0 Å². The zero-order valence-electron chi connectivity index (χ0n) is 20.1. The first-order valence-corrected chi connectivity index (χ1v) is 11.6. The number of hydrogen-bond donors (Lipinski definition) is 0. The van der Waals surface area contributed by atoms with Crippen LogP contribution in [-0.4, -0.2) is 52.4 Å². The molecule has 1 fully saturated rings. The number of carbonyl (C=O) groups excluding carboxylic acids is 1. The van der Waals surface area contributed by atoms with E-state index in [-0.39, 0.29) is 12.2 Å². The number of aryl methyl sites for hydroxylation is 2. The molecule has 1 unspecified atom stereocenters. The Bertz CT molecular complexity index is 832. The van der Waals surface area contributed by atoms with Crippen LogP contribution in [0.4, 0.5) is 4.79 Å². The summed E-state index contributed by atoms with van der Waals surface area (Å²) in [6.07, 6.45) is 6.73. The summed E-state index contributed by atoms with van der Waals surface area (Å²) in [6, 6.07) is 6.19. The van der Waals surface area contributed by atoms with E-state index >= 15 is 0 Å². The Morgan fingerprint density at radius 1 is 1.23 bits per heavy atom. The number of fused-ring (bicyclic) bond motifs is 1. The second-order valence-corrected chi connectivity index (χ2v) is 8.82. The number of amides is 1. The largest absolute Gasteiger partial charge is 0.444 e. The summed E-state index contributed by atoms with van der Waals surface area (Å²) in [5, 5.41) is 1.13. The lowest BCUT2D eigenvalue weighted by Gasteiger charge is -2.24. The van der Waals surface area contributed by atoms with Gasteiger partial charge in [-0.15, -0.1) is 0 Å². The van der Waals surface area contributed by atoms with Crippen LogP contribution in [0.15, 0.2) is 24.4 Å². The van der Waals surface area contributed by atoms with E-state index < -0.39 is 5.60 Å². The Hall–Kier alpha value is -2.21. The van der Waals surface area contributed by atoms with Gasteiger partial charge in [0.15, 0.2) is 5.65 Å². The second kappa shape index (κ2) is 12.0. The van der Waals surface area contributed by atoms with Crippen LogP contribution in [0.3, 0.4) is 0 Å². The fourth-order valence-corrected chi connectivity index (χ4v) is 3.61. The molecule has 0 aromatic carbocycles. The minimum Gasteiger partial charge on any atom is -0.444 e. The van der Waals surface area contributed by atoms with Crippen molar-refractivity contribution in [2.75, 3.05) is 19.7 Å². The average molecular weight is 430 g/mol. The molecule has 31 heavy (non-hydrogen) atoms. The molecule has 0 spiro atoms. The highest BCUT2D eigenvalue weighted by atomic mass is 16.6. The Kier molecular flexibility index (Phi) is 9.69. The van der Waals surface area contributed by atoms with Crippen molar-refractivity contribution in [2.45, 2.75) is 85.4 Å². The summed E-state index contributed by atoms with van der Waals surface area (Å²) in [5.74, 6) is 0. The van der Waals surface area contributed by atoms with Gasteiger partial charge in [0.1, 0.15) is 5.60 Å². The molecule has 2 aromatic rings. The van der Waals surface area contributed by atoms with Crippen molar-refractivity contribution in [2.24, 2.45) is 0 Å². The van der Waals surface area contributed by atoms with Gasteiger partial charge < -0.3 is 14.4 Å². The molecule has 1 saturated heterocycles. The molecule has 0 N–H and O–H groups in total. The van der Waals surface area contributed by atoms with E-state index in [1.165, 1.54) is 5.56 Å². The van der Waals surface area contributed by atoms with Gasteiger partial charge in [-0.25, -0.2) is 14.8 Å². The van der Waals surface area contributed by atoms with Crippen LogP contribution in [0.25, 0.3) is 11.0 Å². The molecule has 1 atom stereocenters. The maximum atomic E-state index is 12.1. The number of likely N-dealkylation sites (tertiary alicyclic amines) is 1. The van der Waals surface area contributed by atoms with E-state index in [0.717, 1.165) is 55.4 Å². The molecular formula is C25H39N3O3. The fraction of sp³-hybridized carbons (Fsp3) is 0.640. The predicted molar refractivity (Wildman–Crippen MR) is 125 cm³/mol. The first-order valence-electron chi connectivity index (χ1n) is 11.6. The Morgan fingerprint density at radius 2 is 2.00 bits per heavy atom. The molecule has 6 nitrogen and oxygen atoms in total. The van der Waals surface area contributed by atoms with Crippen molar-refractivity contribution >= 4 is 17.1 Å². The van der Waals surface area contributed by atoms with E-state index in [1.807, 2.05) is 40.7 Å². The number of rotatable bonds is 7. The molecule has 2 aromatic heterocycles. The zero-order chi connectivity index (χ0) is 22.9. The highest BCUT2D eigenvalue weighted by Crippen LogP contribution is 2.19. The van der Waals surface area contributed by atoms with E-state index in [0.29, 0.717) is 13.1 Å². The number of ether oxygens (including phenoxy) is 2. The summed E-state index contributed by atoms with van der Waals surface area (Å²) in [5.41, 5.74) is 2.72. The lowest BCUT2D eigenvalue weighted by atomic mass is 10.1. The van der Waals surface area contributed by atoms with Crippen LogP contribution in [0.2, 0.25) is 0 Å². The summed E-state index contributed by atoms with van der Waals surface area (Å²) in [6.45, 7) is 13.9. The van der Waals surface area contributed by atoms with Gasteiger partial charge in [0.25, 0.3) is 0 Å². The minimum absolute atomic E-state index is 0.124. The molecule has 1 aliphatic rings. The van der Waals surface area contributed by atoms with Gasteiger partial charge in [0, 0.05) is 30.4 Å². The smallest absolute Gasteiger partial charge is 0.410 e. The van der Waals surface area contributed by atoms with Crippen LogP contribution in [0.5, 0.6) is 0 Å². The summed E-state index contributed by atoms with van der Waals surface area (Å²) in [4.78, 5) is 22.9. The number of hydrogen-bond acceptors (Lipinski definition) is 5. The van der Waals surface area contributed by atoms with E-state index in [9.17, 15) is 4.79 Å². The molecule has 0 aliphatic carbocycles. The molecule has 0 radical (unpaired) electrons. The summed E-state index contributed by atoms with van der Waals surface area (Å²) in [7, 11) is 0. The predicted octanol–water partition coefficient (Wildman–Crippen LogP) is 5.70. The number of carbonyl (C=O) groups is 1. The SMILES string of the molecule is CC.Cc1cc(CCCCCOC2CCN(C(=O)OC(C)(C)C)C2)nc2ncccc12.